The largest absolute Gasteiger partial charge is 0.504 e. The molecule has 76 valence electrons. The fraction of sp³-hybridized carbons (Fsp3) is 0.222. The second-order valence-electron chi connectivity index (χ2n) is 2.87. The molecular formula is C9H11NO4. The van der Waals surface area contributed by atoms with Gasteiger partial charge in [0, 0.05) is 6.54 Å². The van der Waals surface area contributed by atoms with E-state index in [2.05, 4.69) is 0 Å². The number of phenols is 2. The van der Waals surface area contributed by atoms with Crippen LogP contribution in [0, 0.1) is 0 Å². The van der Waals surface area contributed by atoms with Crippen molar-refractivity contribution in [3.8, 4) is 11.5 Å². The standard InChI is InChI=1S/C9H11NO4/c10-4-6(9(13)14)5-1-2-7(11)8(12)3-5/h1-3,6,11-12H,4,10H2,(H,13,14). The summed E-state index contributed by atoms with van der Waals surface area (Å²) in [6.45, 7) is -0.0560. The first kappa shape index (κ1) is 10.3. The summed E-state index contributed by atoms with van der Waals surface area (Å²) in [5.41, 5.74) is 5.64. The molecule has 5 nitrogen and oxygen atoms in total. The first-order chi connectivity index (χ1) is 6.56. The number of carboxylic acid groups (broad SMARTS) is 1. The van der Waals surface area contributed by atoms with Gasteiger partial charge in [0.25, 0.3) is 0 Å². The molecule has 0 spiro atoms. The highest BCUT2D eigenvalue weighted by Gasteiger charge is 2.18. The Morgan fingerprint density at radius 1 is 1.36 bits per heavy atom. The van der Waals surface area contributed by atoms with Crippen LogP contribution in [0.5, 0.6) is 11.5 Å². The van der Waals surface area contributed by atoms with E-state index in [1.165, 1.54) is 18.2 Å². The van der Waals surface area contributed by atoms with Crippen molar-refractivity contribution in [2.45, 2.75) is 5.92 Å². The Balaban J connectivity index is 3.06. The van der Waals surface area contributed by atoms with E-state index in [9.17, 15) is 4.79 Å². The maximum Gasteiger partial charge on any atom is 0.312 e. The van der Waals surface area contributed by atoms with Crippen LogP contribution < -0.4 is 5.73 Å². The second kappa shape index (κ2) is 3.97. The van der Waals surface area contributed by atoms with Crippen molar-refractivity contribution in [2.75, 3.05) is 6.54 Å². The minimum Gasteiger partial charge on any atom is -0.504 e. The summed E-state index contributed by atoms with van der Waals surface area (Å²) in [5.74, 6) is -2.55. The lowest BCUT2D eigenvalue weighted by atomic mass is 9.99. The average molecular weight is 197 g/mol. The molecule has 0 aliphatic rings. The summed E-state index contributed by atoms with van der Waals surface area (Å²) in [6.07, 6.45) is 0. The van der Waals surface area contributed by atoms with Gasteiger partial charge in [-0.05, 0) is 17.7 Å². The highest BCUT2D eigenvalue weighted by Crippen LogP contribution is 2.28. The van der Waals surface area contributed by atoms with Gasteiger partial charge < -0.3 is 21.1 Å². The number of phenolic OH excluding ortho intramolecular Hbond substituents is 2. The Bertz CT molecular complexity index is 351. The number of aromatic hydroxyl groups is 2. The minimum absolute atomic E-state index is 0.0560. The summed E-state index contributed by atoms with van der Waals surface area (Å²) in [5, 5.41) is 26.9. The molecule has 0 aromatic heterocycles. The number of nitrogens with two attached hydrogens (primary N) is 1. The maximum atomic E-state index is 10.7. The van der Waals surface area contributed by atoms with Crippen LogP contribution in [0.2, 0.25) is 0 Å². The molecule has 0 saturated carbocycles. The van der Waals surface area contributed by atoms with Gasteiger partial charge in [-0.1, -0.05) is 6.07 Å². The average Bonchev–Trinajstić information content (AvgIpc) is 2.11. The molecule has 1 rings (SSSR count). The first-order valence-corrected chi connectivity index (χ1v) is 4.01. The third-order valence-electron chi connectivity index (χ3n) is 1.94. The van der Waals surface area contributed by atoms with E-state index in [4.69, 9.17) is 21.1 Å². The van der Waals surface area contributed by atoms with Crippen molar-refractivity contribution in [2.24, 2.45) is 5.73 Å². The van der Waals surface area contributed by atoms with Crippen LogP contribution in [0.3, 0.4) is 0 Å². The Labute approximate surface area is 80.4 Å². The topological polar surface area (TPSA) is 104 Å². The summed E-state index contributed by atoms with van der Waals surface area (Å²) in [6, 6.07) is 3.85. The number of hydrogen-bond donors (Lipinski definition) is 4. The van der Waals surface area contributed by atoms with E-state index < -0.39 is 11.9 Å². The number of aliphatic carboxylic acids is 1. The van der Waals surface area contributed by atoms with Crippen molar-refractivity contribution in [3.05, 3.63) is 23.8 Å². The Morgan fingerprint density at radius 2 is 2.00 bits per heavy atom. The predicted octanol–water partition coefficient (Wildman–Crippen LogP) is 0.225. The van der Waals surface area contributed by atoms with E-state index in [-0.39, 0.29) is 18.0 Å². The van der Waals surface area contributed by atoms with Gasteiger partial charge in [-0.25, -0.2) is 0 Å². The molecule has 0 heterocycles. The third kappa shape index (κ3) is 1.94. The third-order valence-corrected chi connectivity index (χ3v) is 1.94. The highest BCUT2D eigenvalue weighted by molar-refractivity contribution is 5.76. The zero-order valence-electron chi connectivity index (χ0n) is 7.34. The molecule has 0 bridgehead atoms. The Kier molecular flexibility index (Phi) is 2.93. The molecule has 5 N–H and O–H groups in total. The van der Waals surface area contributed by atoms with E-state index in [0.717, 1.165) is 0 Å². The number of rotatable bonds is 3. The fourth-order valence-corrected chi connectivity index (χ4v) is 1.14. The van der Waals surface area contributed by atoms with Crippen LogP contribution >= 0.6 is 0 Å². The van der Waals surface area contributed by atoms with Gasteiger partial charge in [-0.15, -0.1) is 0 Å². The van der Waals surface area contributed by atoms with Gasteiger partial charge in [-0.3, -0.25) is 4.79 Å². The molecule has 1 aromatic carbocycles. The lowest BCUT2D eigenvalue weighted by molar-refractivity contribution is -0.138. The smallest absolute Gasteiger partial charge is 0.312 e. The molecule has 0 saturated heterocycles. The molecule has 0 aliphatic heterocycles. The molecule has 0 amide bonds. The normalized spacial score (nSPS) is 12.4. The minimum atomic E-state index is -1.06. The van der Waals surface area contributed by atoms with Crippen LogP contribution in [-0.4, -0.2) is 27.8 Å². The second-order valence-corrected chi connectivity index (χ2v) is 2.87. The molecule has 1 aromatic rings. The van der Waals surface area contributed by atoms with Crippen molar-refractivity contribution < 1.29 is 20.1 Å². The van der Waals surface area contributed by atoms with Crippen molar-refractivity contribution >= 4 is 5.97 Å². The van der Waals surface area contributed by atoms with Gasteiger partial charge in [0.1, 0.15) is 0 Å². The Hall–Kier alpha value is -1.75. The number of hydrogen-bond acceptors (Lipinski definition) is 4. The molecule has 1 unspecified atom stereocenters. The molecule has 0 aliphatic carbocycles. The van der Waals surface area contributed by atoms with Gasteiger partial charge in [0.05, 0.1) is 5.92 Å². The number of carbonyl (C=O) groups is 1. The van der Waals surface area contributed by atoms with E-state index in [1.807, 2.05) is 0 Å². The van der Waals surface area contributed by atoms with E-state index in [0.29, 0.717) is 5.56 Å². The van der Waals surface area contributed by atoms with Gasteiger partial charge in [0.2, 0.25) is 0 Å². The molecule has 14 heavy (non-hydrogen) atoms. The molecular weight excluding hydrogens is 186 g/mol. The van der Waals surface area contributed by atoms with Crippen molar-refractivity contribution in [1.82, 2.24) is 0 Å². The summed E-state index contributed by atoms with van der Waals surface area (Å²) in [4.78, 5) is 10.7. The van der Waals surface area contributed by atoms with Crippen molar-refractivity contribution in [3.63, 3.8) is 0 Å². The highest BCUT2D eigenvalue weighted by atomic mass is 16.4. The van der Waals surface area contributed by atoms with Crippen LogP contribution in [0.15, 0.2) is 18.2 Å². The SMILES string of the molecule is NCC(C(=O)O)c1ccc(O)c(O)c1. The zero-order valence-corrected chi connectivity index (χ0v) is 7.34. The van der Waals surface area contributed by atoms with E-state index in [1.54, 1.807) is 0 Å². The van der Waals surface area contributed by atoms with E-state index >= 15 is 0 Å². The fourth-order valence-electron chi connectivity index (χ4n) is 1.14. The molecule has 0 radical (unpaired) electrons. The number of benzene rings is 1. The van der Waals surface area contributed by atoms with Crippen LogP contribution in [0.1, 0.15) is 11.5 Å². The van der Waals surface area contributed by atoms with Crippen LogP contribution in [0.4, 0.5) is 0 Å². The van der Waals surface area contributed by atoms with Gasteiger partial charge in [0.15, 0.2) is 11.5 Å². The monoisotopic (exact) mass is 197 g/mol. The zero-order chi connectivity index (χ0) is 10.7. The lowest BCUT2D eigenvalue weighted by Crippen LogP contribution is -2.20. The quantitative estimate of drug-likeness (QED) is 0.519. The summed E-state index contributed by atoms with van der Waals surface area (Å²) < 4.78 is 0. The summed E-state index contributed by atoms with van der Waals surface area (Å²) >= 11 is 0. The van der Waals surface area contributed by atoms with Gasteiger partial charge in [-0.2, -0.15) is 0 Å². The number of carboxylic acids is 1. The maximum absolute atomic E-state index is 10.7. The molecule has 0 fully saturated rings. The van der Waals surface area contributed by atoms with Crippen LogP contribution in [-0.2, 0) is 4.79 Å². The van der Waals surface area contributed by atoms with Crippen molar-refractivity contribution in [1.29, 1.82) is 0 Å². The Morgan fingerprint density at radius 3 is 2.43 bits per heavy atom. The molecule has 5 heteroatoms. The lowest BCUT2D eigenvalue weighted by Gasteiger charge is -2.10. The molecule has 1 atom stereocenters. The predicted molar refractivity (Wildman–Crippen MR) is 49.2 cm³/mol. The first-order valence-electron chi connectivity index (χ1n) is 4.01. The van der Waals surface area contributed by atoms with Gasteiger partial charge >= 0.3 is 5.97 Å². The van der Waals surface area contributed by atoms with Crippen LogP contribution in [0.25, 0.3) is 0 Å². The summed E-state index contributed by atoms with van der Waals surface area (Å²) in [7, 11) is 0.